The maximum atomic E-state index is 11.9. The quantitative estimate of drug-likeness (QED) is 0.757. The first-order valence-electron chi connectivity index (χ1n) is 7.54. The molecular weight excluding hydrogens is 300 g/mol. The highest BCUT2D eigenvalue weighted by atomic mass is 35.5. The average Bonchev–Trinajstić information content (AvgIpc) is 2.43. The van der Waals surface area contributed by atoms with Gasteiger partial charge in [0.25, 0.3) is 5.91 Å². The van der Waals surface area contributed by atoms with E-state index in [1.165, 1.54) is 5.56 Å². The van der Waals surface area contributed by atoms with Gasteiger partial charge in [-0.25, -0.2) is 0 Å². The minimum Gasteiger partial charge on any atom is -0.481 e. The summed E-state index contributed by atoms with van der Waals surface area (Å²) in [6.45, 7) is 9.84. The van der Waals surface area contributed by atoms with Gasteiger partial charge in [-0.3, -0.25) is 4.79 Å². The van der Waals surface area contributed by atoms with Crippen molar-refractivity contribution in [2.75, 3.05) is 20.1 Å². The monoisotopic (exact) mass is 328 g/mol. The SMILES string of the molecule is CNCCCNC(=O)C(C)Oc1ccc(C(C)(C)C)cc1.Cl. The summed E-state index contributed by atoms with van der Waals surface area (Å²) in [6.07, 6.45) is 0.426. The van der Waals surface area contributed by atoms with Gasteiger partial charge in [-0.1, -0.05) is 32.9 Å². The number of ether oxygens (including phenoxy) is 1. The Bertz CT molecular complexity index is 441. The summed E-state index contributed by atoms with van der Waals surface area (Å²) in [5.74, 6) is 0.645. The molecule has 0 fully saturated rings. The number of benzene rings is 1. The van der Waals surface area contributed by atoms with Gasteiger partial charge >= 0.3 is 0 Å². The van der Waals surface area contributed by atoms with E-state index in [9.17, 15) is 4.79 Å². The molecule has 0 spiro atoms. The van der Waals surface area contributed by atoms with Crippen molar-refractivity contribution in [2.45, 2.75) is 45.6 Å². The first-order valence-corrected chi connectivity index (χ1v) is 7.54. The Morgan fingerprint density at radius 3 is 2.27 bits per heavy atom. The van der Waals surface area contributed by atoms with Crippen LogP contribution in [0.5, 0.6) is 5.75 Å². The van der Waals surface area contributed by atoms with Crippen LogP contribution in [0.4, 0.5) is 0 Å². The van der Waals surface area contributed by atoms with Crippen molar-refractivity contribution in [3.8, 4) is 5.75 Å². The molecule has 5 heteroatoms. The van der Waals surface area contributed by atoms with Crippen molar-refractivity contribution in [3.63, 3.8) is 0 Å². The van der Waals surface area contributed by atoms with Crippen LogP contribution in [0.25, 0.3) is 0 Å². The molecule has 126 valence electrons. The Kier molecular flexibility index (Phi) is 9.14. The topological polar surface area (TPSA) is 50.4 Å². The van der Waals surface area contributed by atoms with Gasteiger partial charge in [-0.15, -0.1) is 12.4 Å². The molecular formula is C17H29ClN2O2. The fraction of sp³-hybridized carbons (Fsp3) is 0.588. The first kappa shape index (κ1) is 20.7. The third-order valence-corrected chi connectivity index (χ3v) is 3.31. The molecule has 22 heavy (non-hydrogen) atoms. The minimum absolute atomic E-state index is 0. The Labute approximate surface area is 140 Å². The second-order valence-corrected chi connectivity index (χ2v) is 6.28. The summed E-state index contributed by atoms with van der Waals surface area (Å²) in [5, 5.41) is 5.91. The van der Waals surface area contributed by atoms with Gasteiger partial charge in [0.2, 0.25) is 0 Å². The molecule has 1 unspecified atom stereocenters. The van der Waals surface area contributed by atoms with Crippen molar-refractivity contribution in [1.29, 1.82) is 0 Å². The van der Waals surface area contributed by atoms with Crippen molar-refractivity contribution < 1.29 is 9.53 Å². The minimum atomic E-state index is -0.486. The van der Waals surface area contributed by atoms with Crippen LogP contribution in [-0.4, -0.2) is 32.1 Å². The number of halogens is 1. The fourth-order valence-electron chi connectivity index (χ4n) is 1.91. The van der Waals surface area contributed by atoms with Crippen LogP contribution in [0.3, 0.4) is 0 Å². The van der Waals surface area contributed by atoms with Crippen LogP contribution in [0.2, 0.25) is 0 Å². The van der Waals surface area contributed by atoms with Crippen LogP contribution in [0.15, 0.2) is 24.3 Å². The van der Waals surface area contributed by atoms with Crippen LogP contribution in [0, 0.1) is 0 Å². The summed E-state index contributed by atoms with van der Waals surface area (Å²) < 4.78 is 5.67. The molecule has 2 N–H and O–H groups in total. The van der Waals surface area contributed by atoms with Gasteiger partial charge in [0.1, 0.15) is 5.75 Å². The Balaban J connectivity index is 0.00000441. The maximum Gasteiger partial charge on any atom is 0.260 e. The third-order valence-electron chi connectivity index (χ3n) is 3.31. The molecule has 0 aliphatic heterocycles. The number of hydrogen-bond donors (Lipinski definition) is 2. The van der Waals surface area contributed by atoms with E-state index < -0.39 is 6.10 Å². The number of rotatable bonds is 7. The molecule has 0 saturated carbocycles. The molecule has 1 aromatic carbocycles. The predicted molar refractivity (Wildman–Crippen MR) is 94.0 cm³/mol. The Hall–Kier alpha value is -1.26. The summed E-state index contributed by atoms with van der Waals surface area (Å²) in [4.78, 5) is 11.9. The lowest BCUT2D eigenvalue weighted by Crippen LogP contribution is -2.37. The van der Waals surface area contributed by atoms with E-state index in [-0.39, 0.29) is 23.7 Å². The molecule has 0 bridgehead atoms. The molecule has 0 aliphatic rings. The lowest BCUT2D eigenvalue weighted by Gasteiger charge is -2.20. The average molecular weight is 329 g/mol. The zero-order chi connectivity index (χ0) is 15.9. The fourth-order valence-corrected chi connectivity index (χ4v) is 1.91. The summed E-state index contributed by atoms with van der Waals surface area (Å²) >= 11 is 0. The highest BCUT2D eigenvalue weighted by molar-refractivity contribution is 5.85. The molecule has 0 saturated heterocycles. The van der Waals surface area contributed by atoms with E-state index in [4.69, 9.17) is 4.74 Å². The van der Waals surface area contributed by atoms with Gasteiger partial charge < -0.3 is 15.4 Å². The van der Waals surface area contributed by atoms with Gasteiger partial charge in [-0.05, 0) is 50.0 Å². The largest absolute Gasteiger partial charge is 0.481 e. The maximum absolute atomic E-state index is 11.9. The smallest absolute Gasteiger partial charge is 0.260 e. The highest BCUT2D eigenvalue weighted by Gasteiger charge is 2.16. The van der Waals surface area contributed by atoms with Gasteiger partial charge in [-0.2, -0.15) is 0 Å². The second kappa shape index (κ2) is 9.70. The van der Waals surface area contributed by atoms with Crippen molar-refractivity contribution in [2.24, 2.45) is 0 Å². The summed E-state index contributed by atoms with van der Waals surface area (Å²) in [7, 11) is 1.90. The van der Waals surface area contributed by atoms with E-state index in [1.807, 2.05) is 31.3 Å². The van der Waals surface area contributed by atoms with Crippen LogP contribution < -0.4 is 15.4 Å². The summed E-state index contributed by atoms with van der Waals surface area (Å²) in [5.41, 5.74) is 1.37. The number of carbonyl (C=O) groups excluding carboxylic acids is 1. The number of nitrogens with one attached hydrogen (secondary N) is 2. The predicted octanol–water partition coefficient (Wildman–Crippen LogP) is 2.90. The van der Waals surface area contributed by atoms with Crippen molar-refractivity contribution in [3.05, 3.63) is 29.8 Å². The Morgan fingerprint density at radius 1 is 1.18 bits per heavy atom. The van der Waals surface area contributed by atoms with E-state index in [0.29, 0.717) is 6.54 Å². The second-order valence-electron chi connectivity index (χ2n) is 6.28. The number of carbonyl (C=O) groups is 1. The molecule has 1 aromatic rings. The molecule has 1 atom stereocenters. The number of amides is 1. The third kappa shape index (κ3) is 7.14. The lowest BCUT2D eigenvalue weighted by molar-refractivity contribution is -0.127. The zero-order valence-electron chi connectivity index (χ0n) is 14.2. The van der Waals surface area contributed by atoms with E-state index in [1.54, 1.807) is 6.92 Å². The van der Waals surface area contributed by atoms with Gasteiger partial charge in [0, 0.05) is 6.54 Å². The molecule has 0 radical (unpaired) electrons. The van der Waals surface area contributed by atoms with Crippen LogP contribution >= 0.6 is 12.4 Å². The molecule has 0 aromatic heterocycles. The zero-order valence-corrected chi connectivity index (χ0v) is 15.0. The molecule has 1 rings (SSSR count). The molecule has 0 heterocycles. The molecule has 0 aliphatic carbocycles. The van der Waals surface area contributed by atoms with Crippen molar-refractivity contribution >= 4 is 18.3 Å². The van der Waals surface area contributed by atoms with E-state index >= 15 is 0 Å². The normalized spacial score (nSPS) is 12.2. The molecule has 1 amide bonds. The van der Waals surface area contributed by atoms with Crippen LogP contribution in [-0.2, 0) is 10.2 Å². The van der Waals surface area contributed by atoms with Crippen molar-refractivity contribution in [1.82, 2.24) is 10.6 Å². The van der Waals surface area contributed by atoms with Gasteiger partial charge in [0.05, 0.1) is 0 Å². The Morgan fingerprint density at radius 2 is 1.77 bits per heavy atom. The molecule has 4 nitrogen and oxygen atoms in total. The van der Waals surface area contributed by atoms with E-state index in [2.05, 4.69) is 31.4 Å². The summed E-state index contributed by atoms with van der Waals surface area (Å²) in [6, 6.07) is 7.94. The highest BCUT2D eigenvalue weighted by Crippen LogP contribution is 2.24. The van der Waals surface area contributed by atoms with Gasteiger partial charge in [0.15, 0.2) is 6.10 Å². The lowest BCUT2D eigenvalue weighted by atomic mass is 9.87. The van der Waals surface area contributed by atoms with Crippen LogP contribution in [0.1, 0.15) is 39.7 Å². The number of hydrogen-bond acceptors (Lipinski definition) is 3. The van der Waals surface area contributed by atoms with E-state index in [0.717, 1.165) is 18.7 Å². The first-order chi connectivity index (χ1) is 9.84. The standard InChI is InChI=1S/C17H28N2O2.ClH/c1-13(16(20)19-12-6-11-18-5)21-15-9-7-14(8-10-15)17(2,3)4;/h7-10,13,18H,6,11-12H2,1-5H3,(H,19,20);1H.